The predicted octanol–water partition coefficient (Wildman–Crippen LogP) is 4.03. The van der Waals surface area contributed by atoms with Crippen molar-refractivity contribution >= 4 is 27.9 Å². The van der Waals surface area contributed by atoms with Crippen LogP contribution >= 0.6 is 0 Å². The van der Waals surface area contributed by atoms with Crippen molar-refractivity contribution in [3.05, 3.63) is 69.1 Å². The van der Waals surface area contributed by atoms with Crippen LogP contribution in [0.25, 0.3) is 21.9 Å². The average molecular weight is 463 g/mol. The number of aromatic nitrogens is 4. The summed E-state index contributed by atoms with van der Waals surface area (Å²) in [6.45, 7) is 7.17. The number of benzene rings is 2. The average Bonchev–Trinajstić information content (AvgIpc) is 3.15. The molecule has 1 N–H and O–H groups in total. The van der Waals surface area contributed by atoms with E-state index in [0.29, 0.717) is 42.2 Å². The Kier molecular flexibility index (Phi) is 6.95. The smallest absolute Gasteiger partial charge is 0.330 e. The first kappa shape index (κ1) is 23.5. The van der Waals surface area contributed by atoms with Crippen LogP contribution in [0.1, 0.15) is 45.9 Å². The molecule has 0 atom stereocenters. The first-order valence-electron chi connectivity index (χ1n) is 11.8. The van der Waals surface area contributed by atoms with E-state index in [4.69, 9.17) is 4.74 Å². The second kappa shape index (κ2) is 10.1. The molecule has 2 aromatic carbocycles. The Labute approximate surface area is 197 Å². The highest BCUT2D eigenvalue weighted by Crippen LogP contribution is 2.25. The third-order valence-electron chi connectivity index (χ3n) is 5.77. The Morgan fingerprint density at radius 2 is 1.85 bits per heavy atom. The number of unbranched alkanes of at least 4 members (excludes halogenated alkanes) is 1. The van der Waals surface area contributed by atoms with Gasteiger partial charge in [-0.15, -0.1) is 0 Å². The highest BCUT2D eigenvalue weighted by molar-refractivity contribution is 5.90. The van der Waals surface area contributed by atoms with Gasteiger partial charge in [0.1, 0.15) is 11.6 Å². The molecular weight excluding hydrogens is 432 g/mol. The first-order valence-corrected chi connectivity index (χ1v) is 11.8. The third kappa shape index (κ3) is 4.81. The number of H-pyrrole nitrogens is 1. The van der Waals surface area contributed by atoms with Gasteiger partial charge in [-0.2, -0.15) is 0 Å². The number of rotatable bonds is 9. The van der Waals surface area contributed by atoms with Gasteiger partial charge in [0.25, 0.3) is 5.56 Å². The van der Waals surface area contributed by atoms with Crippen LogP contribution in [0.2, 0.25) is 0 Å². The van der Waals surface area contributed by atoms with E-state index in [0.717, 1.165) is 23.6 Å². The minimum absolute atomic E-state index is 0.0989. The van der Waals surface area contributed by atoms with Crippen LogP contribution in [-0.2, 0) is 24.3 Å². The molecule has 0 saturated heterocycles. The topological polar surface area (TPSA) is 99.0 Å². The van der Waals surface area contributed by atoms with Crippen molar-refractivity contribution in [2.75, 3.05) is 0 Å². The zero-order valence-electron chi connectivity index (χ0n) is 19.8. The molecule has 0 amide bonds. The van der Waals surface area contributed by atoms with Crippen molar-refractivity contribution in [2.45, 2.75) is 59.5 Å². The summed E-state index contributed by atoms with van der Waals surface area (Å²) in [4.78, 5) is 45.0. The van der Waals surface area contributed by atoms with Crippen molar-refractivity contribution < 1.29 is 9.53 Å². The van der Waals surface area contributed by atoms with Gasteiger partial charge < -0.3 is 9.30 Å². The Hall–Kier alpha value is -3.68. The lowest BCUT2D eigenvalue weighted by atomic mass is 10.1. The number of ether oxygens (including phenoxy) is 1. The number of imidazole rings is 1. The number of aryl methyl sites for hydroxylation is 2. The summed E-state index contributed by atoms with van der Waals surface area (Å²) in [6.07, 6.45) is 2.10. The lowest BCUT2D eigenvalue weighted by Gasteiger charge is -2.12. The van der Waals surface area contributed by atoms with Crippen molar-refractivity contribution in [3.8, 4) is 5.75 Å². The summed E-state index contributed by atoms with van der Waals surface area (Å²) in [5, 5.41) is 1.87. The molecule has 0 saturated carbocycles. The number of hydrogen-bond donors (Lipinski definition) is 1. The number of aromatic amines is 1. The molecule has 0 radical (unpaired) electrons. The molecule has 0 aliphatic rings. The van der Waals surface area contributed by atoms with E-state index < -0.39 is 11.2 Å². The number of carbonyl (C=O) groups is 1. The van der Waals surface area contributed by atoms with Crippen LogP contribution in [0, 0.1) is 5.92 Å². The summed E-state index contributed by atoms with van der Waals surface area (Å²) < 4.78 is 9.03. The number of nitrogens with one attached hydrogen (secondary N) is 1. The minimum atomic E-state index is -0.456. The molecular formula is C26H30N4O4. The molecule has 0 bridgehead atoms. The lowest BCUT2D eigenvalue weighted by Crippen LogP contribution is -2.31. The zero-order chi connectivity index (χ0) is 24.2. The Morgan fingerprint density at radius 3 is 2.62 bits per heavy atom. The van der Waals surface area contributed by atoms with Gasteiger partial charge in [0, 0.05) is 24.9 Å². The van der Waals surface area contributed by atoms with Crippen molar-refractivity contribution in [3.63, 3.8) is 0 Å². The maximum Gasteiger partial charge on any atom is 0.330 e. The molecule has 0 spiro atoms. The van der Waals surface area contributed by atoms with Crippen LogP contribution in [0.15, 0.2) is 52.1 Å². The van der Waals surface area contributed by atoms with Gasteiger partial charge >= 0.3 is 11.7 Å². The maximum atomic E-state index is 12.7. The van der Waals surface area contributed by atoms with E-state index in [1.807, 2.05) is 61.7 Å². The van der Waals surface area contributed by atoms with E-state index in [2.05, 4.69) is 9.97 Å². The van der Waals surface area contributed by atoms with Crippen LogP contribution < -0.4 is 16.0 Å². The highest BCUT2D eigenvalue weighted by Gasteiger charge is 2.20. The number of nitrogens with zero attached hydrogens (tertiary/aromatic N) is 3. The Bertz CT molecular complexity index is 1440. The summed E-state index contributed by atoms with van der Waals surface area (Å²) in [6, 6.07) is 13.3. The zero-order valence-corrected chi connectivity index (χ0v) is 19.8. The number of fused-ring (bicyclic) bond motifs is 2. The van der Waals surface area contributed by atoms with Crippen molar-refractivity contribution in [2.24, 2.45) is 5.92 Å². The van der Waals surface area contributed by atoms with Crippen molar-refractivity contribution in [1.29, 1.82) is 0 Å². The molecule has 34 heavy (non-hydrogen) atoms. The molecule has 0 aliphatic heterocycles. The number of carbonyl (C=O) groups excluding carboxylic acids is 1. The molecule has 0 fully saturated rings. The molecule has 4 rings (SSSR count). The standard InChI is InChI=1S/C26H30N4O4/c1-4-5-15-29-24-23(25(32)28-26(29)33)30(16-17(2)3)21(27-24)13-14-22(31)34-20-12-8-10-18-9-6-7-11-19(18)20/h6-12,17H,4-5,13-16H2,1-3H3,(H,28,32,33). The summed E-state index contributed by atoms with van der Waals surface area (Å²) in [7, 11) is 0. The van der Waals surface area contributed by atoms with Gasteiger partial charge in [-0.05, 0) is 23.8 Å². The monoisotopic (exact) mass is 462 g/mol. The quantitative estimate of drug-likeness (QED) is 0.299. The largest absolute Gasteiger partial charge is 0.426 e. The van der Waals surface area contributed by atoms with Gasteiger partial charge in [0.05, 0.1) is 6.42 Å². The summed E-state index contributed by atoms with van der Waals surface area (Å²) in [5.74, 6) is 0.981. The molecule has 8 nitrogen and oxygen atoms in total. The minimum Gasteiger partial charge on any atom is -0.426 e. The Balaban J connectivity index is 1.64. The van der Waals surface area contributed by atoms with E-state index in [9.17, 15) is 14.4 Å². The SMILES string of the molecule is CCCCn1c(=O)[nH]c(=O)c2c1nc(CCC(=O)Oc1cccc3ccccc13)n2CC(C)C. The molecule has 8 heteroatoms. The summed E-state index contributed by atoms with van der Waals surface area (Å²) >= 11 is 0. The molecule has 0 unspecified atom stereocenters. The third-order valence-corrected chi connectivity index (χ3v) is 5.77. The second-order valence-electron chi connectivity index (χ2n) is 8.92. The van der Waals surface area contributed by atoms with Crippen molar-refractivity contribution in [1.82, 2.24) is 19.1 Å². The number of hydrogen-bond acceptors (Lipinski definition) is 5. The number of esters is 1. The summed E-state index contributed by atoms with van der Waals surface area (Å²) in [5.41, 5.74) is -0.158. The molecule has 2 heterocycles. The predicted molar refractivity (Wildman–Crippen MR) is 132 cm³/mol. The normalized spacial score (nSPS) is 11.5. The molecule has 4 aromatic rings. The van der Waals surface area contributed by atoms with E-state index in [-0.39, 0.29) is 18.3 Å². The molecule has 2 aromatic heterocycles. The highest BCUT2D eigenvalue weighted by atomic mass is 16.5. The van der Waals surface area contributed by atoms with Crippen LogP contribution in [0.4, 0.5) is 0 Å². The van der Waals surface area contributed by atoms with Gasteiger partial charge in [0.15, 0.2) is 11.2 Å². The van der Waals surface area contributed by atoms with Gasteiger partial charge in [0.2, 0.25) is 0 Å². The maximum absolute atomic E-state index is 12.7. The van der Waals surface area contributed by atoms with Gasteiger partial charge in [-0.25, -0.2) is 9.78 Å². The van der Waals surface area contributed by atoms with E-state index in [1.54, 1.807) is 6.07 Å². The van der Waals surface area contributed by atoms with E-state index in [1.165, 1.54) is 4.57 Å². The first-order chi connectivity index (χ1) is 16.4. The van der Waals surface area contributed by atoms with Crippen LogP contribution in [-0.4, -0.2) is 25.1 Å². The lowest BCUT2D eigenvalue weighted by molar-refractivity contribution is -0.134. The fourth-order valence-electron chi connectivity index (χ4n) is 4.17. The fourth-order valence-corrected chi connectivity index (χ4v) is 4.17. The van der Waals surface area contributed by atoms with Crippen LogP contribution in [0.3, 0.4) is 0 Å². The van der Waals surface area contributed by atoms with Gasteiger partial charge in [-0.1, -0.05) is 63.6 Å². The van der Waals surface area contributed by atoms with Crippen LogP contribution in [0.5, 0.6) is 5.75 Å². The van der Waals surface area contributed by atoms with E-state index >= 15 is 0 Å². The fraction of sp³-hybridized carbons (Fsp3) is 0.385. The van der Waals surface area contributed by atoms with Gasteiger partial charge in [-0.3, -0.25) is 19.1 Å². The second-order valence-corrected chi connectivity index (χ2v) is 8.92. The molecule has 178 valence electrons. The molecule has 0 aliphatic carbocycles. The Morgan fingerprint density at radius 1 is 1.09 bits per heavy atom.